The predicted octanol–water partition coefficient (Wildman–Crippen LogP) is 3.49. The third kappa shape index (κ3) is 5.17. The van der Waals surface area contributed by atoms with Crippen LogP contribution in [0, 0.1) is 3.57 Å². The Bertz CT molecular complexity index is 1550. The minimum absolute atomic E-state index is 0.226. The molecule has 0 spiro atoms. The van der Waals surface area contributed by atoms with Crippen LogP contribution in [-0.2, 0) is 9.53 Å². The molecule has 0 fully saturated rings. The van der Waals surface area contributed by atoms with Gasteiger partial charge in [0.05, 0.1) is 46.2 Å². The summed E-state index contributed by atoms with van der Waals surface area (Å²) in [5.41, 5.74) is 3.27. The summed E-state index contributed by atoms with van der Waals surface area (Å²) in [5.74, 6) is 0.736. The zero-order valence-corrected chi connectivity index (χ0v) is 24.5. The summed E-state index contributed by atoms with van der Waals surface area (Å²) in [6.45, 7) is 3.76. The molecule has 1 atom stereocenters. The van der Waals surface area contributed by atoms with E-state index in [1.807, 2.05) is 61.5 Å². The molecule has 0 aliphatic carbocycles. The van der Waals surface area contributed by atoms with E-state index >= 15 is 0 Å². The third-order valence-corrected chi connectivity index (χ3v) is 7.78. The van der Waals surface area contributed by atoms with Gasteiger partial charge in [0, 0.05) is 19.8 Å². The van der Waals surface area contributed by atoms with Gasteiger partial charge in [0.25, 0.3) is 5.56 Å². The van der Waals surface area contributed by atoms with Crippen LogP contribution < -0.4 is 29.3 Å². The second-order valence-corrected chi connectivity index (χ2v) is 10.7. The van der Waals surface area contributed by atoms with E-state index in [0.717, 1.165) is 20.4 Å². The number of carbonyl (C=O) groups excluding carboxylic acids is 1. The number of rotatable bonds is 7. The Labute approximate surface area is 232 Å². The third-order valence-electron chi connectivity index (χ3n) is 6.00. The number of aromatic nitrogens is 1. The number of esters is 1. The van der Waals surface area contributed by atoms with Gasteiger partial charge < -0.3 is 19.1 Å². The van der Waals surface area contributed by atoms with Gasteiger partial charge in [-0.3, -0.25) is 9.36 Å². The van der Waals surface area contributed by atoms with Gasteiger partial charge in [-0.05, 0) is 77.9 Å². The van der Waals surface area contributed by atoms with E-state index < -0.39 is 12.0 Å². The normalized spacial score (nSPS) is 15.2. The van der Waals surface area contributed by atoms with Crippen LogP contribution in [0.1, 0.15) is 31.0 Å². The summed E-state index contributed by atoms with van der Waals surface area (Å²) in [6.07, 6.45) is 1.81. The highest BCUT2D eigenvalue weighted by Gasteiger charge is 2.33. The highest BCUT2D eigenvalue weighted by molar-refractivity contribution is 14.1. The largest absolute Gasteiger partial charge is 0.493 e. The van der Waals surface area contributed by atoms with Crippen LogP contribution in [0.4, 0.5) is 5.69 Å². The first kappa shape index (κ1) is 26.9. The molecule has 1 aromatic heterocycles. The lowest BCUT2D eigenvalue weighted by Crippen LogP contribution is -2.39. The Hall–Kier alpha value is -3.12. The maximum Gasteiger partial charge on any atom is 0.338 e. The van der Waals surface area contributed by atoms with Crippen molar-refractivity contribution >= 4 is 51.7 Å². The molecule has 2 heterocycles. The molecule has 1 aliphatic rings. The number of fused-ring (bicyclic) bond motifs is 1. The molecule has 1 aliphatic heterocycles. The van der Waals surface area contributed by atoms with E-state index in [1.165, 1.54) is 11.3 Å². The highest BCUT2D eigenvalue weighted by atomic mass is 127. The minimum atomic E-state index is -0.654. The number of allylic oxidation sites excluding steroid dienone is 1. The van der Waals surface area contributed by atoms with Gasteiger partial charge in [0.2, 0.25) is 0 Å². The summed E-state index contributed by atoms with van der Waals surface area (Å²) < 4.78 is 19.2. The van der Waals surface area contributed by atoms with Crippen molar-refractivity contribution in [1.82, 2.24) is 4.57 Å². The zero-order valence-electron chi connectivity index (χ0n) is 21.5. The predicted molar refractivity (Wildman–Crippen MR) is 153 cm³/mol. The summed E-state index contributed by atoms with van der Waals surface area (Å²) in [7, 11) is 7.09. The highest BCUT2D eigenvalue weighted by Crippen LogP contribution is 2.34. The molecule has 0 saturated heterocycles. The summed E-state index contributed by atoms with van der Waals surface area (Å²) >= 11 is 3.46. The van der Waals surface area contributed by atoms with Crippen molar-refractivity contribution in [2.24, 2.45) is 4.99 Å². The lowest BCUT2D eigenvalue weighted by molar-refractivity contribution is -0.139. The number of nitrogens with zero attached hydrogens (tertiary/aromatic N) is 3. The summed E-state index contributed by atoms with van der Waals surface area (Å²) in [5, 5.41) is 0. The monoisotopic (exact) mass is 633 g/mol. The second-order valence-electron chi connectivity index (χ2n) is 8.53. The maximum absolute atomic E-state index is 13.8. The van der Waals surface area contributed by atoms with Gasteiger partial charge in [-0.2, -0.15) is 0 Å². The number of methoxy groups -OCH3 is 2. The van der Waals surface area contributed by atoms with Crippen LogP contribution in [0.25, 0.3) is 6.08 Å². The van der Waals surface area contributed by atoms with E-state index in [9.17, 15) is 9.59 Å². The molecule has 0 saturated carbocycles. The molecule has 37 heavy (non-hydrogen) atoms. The van der Waals surface area contributed by atoms with Crippen LogP contribution >= 0.6 is 33.9 Å². The zero-order chi connectivity index (χ0) is 26.9. The number of benzene rings is 2. The lowest BCUT2D eigenvalue weighted by Gasteiger charge is -2.25. The molecule has 0 amide bonds. The molecule has 4 rings (SSSR count). The van der Waals surface area contributed by atoms with Crippen molar-refractivity contribution in [3.63, 3.8) is 0 Å². The average molecular weight is 634 g/mol. The molecule has 10 heteroatoms. The SMILES string of the molecule is CCOC(=O)C1=C(C)N=c2sc(=Cc3cc(I)c(OC)c(OC)c3)c(=O)n2[C@@H]1c1ccc(N(C)C)cc1. The van der Waals surface area contributed by atoms with Crippen molar-refractivity contribution in [1.29, 1.82) is 0 Å². The molecule has 194 valence electrons. The number of hydrogen-bond donors (Lipinski definition) is 0. The van der Waals surface area contributed by atoms with Crippen molar-refractivity contribution in [3.8, 4) is 11.5 Å². The number of anilines is 1. The van der Waals surface area contributed by atoms with E-state index in [2.05, 4.69) is 27.6 Å². The standard InChI is InChI=1S/C27H28IN3O5S/c1-7-36-26(33)22-15(2)29-27-31(23(22)17-8-10-18(11-9-17)30(3)4)25(32)21(37-27)14-16-12-19(28)24(35-6)20(13-16)34-5/h8-14,23H,7H2,1-6H3/t23-/m1/s1. The Morgan fingerprint density at radius 3 is 2.49 bits per heavy atom. The maximum atomic E-state index is 13.8. The van der Waals surface area contributed by atoms with Gasteiger partial charge in [-0.1, -0.05) is 23.5 Å². The quantitative estimate of drug-likeness (QED) is 0.293. The van der Waals surface area contributed by atoms with Crippen LogP contribution in [0.15, 0.2) is 57.5 Å². The molecular formula is C27H28IN3O5S. The first-order valence-electron chi connectivity index (χ1n) is 11.6. The number of ether oxygens (including phenoxy) is 3. The molecular weight excluding hydrogens is 605 g/mol. The number of thiazole rings is 1. The Kier molecular flexibility index (Phi) is 8.08. The smallest absolute Gasteiger partial charge is 0.338 e. The van der Waals surface area contributed by atoms with E-state index in [-0.39, 0.29) is 12.2 Å². The molecule has 0 bridgehead atoms. The Morgan fingerprint density at radius 1 is 1.19 bits per heavy atom. The van der Waals surface area contributed by atoms with E-state index in [4.69, 9.17) is 14.2 Å². The number of carbonyl (C=O) groups is 1. The van der Waals surface area contributed by atoms with Crippen LogP contribution in [-0.4, -0.2) is 45.5 Å². The van der Waals surface area contributed by atoms with Crippen LogP contribution in [0.2, 0.25) is 0 Å². The second kappa shape index (κ2) is 11.1. The fraction of sp³-hybridized carbons (Fsp3) is 0.296. The Balaban J connectivity index is 1.93. The van der Waals surface area contributed by atoms with E-state index in [1.54, 1.807) is 32.6 Å². The molecule has 2 aromatic carbocycles. The topological polar surface area (TPSA) is 82.4 Å². The van der Waals surface area contributed by atoms with Gasteiger partial charge in [0.15, 0.2) is 16.3 Å². The van der Waals surface area contributed by atoms with Gasteiger partial charge in [0.1, 0.15) is 0 Å². The number of halogens is 1. The van der Waals surface area contributed by atoms with Gasteiger partial charge in [-0.25, -0.2) is 9.79 Å². The van der Waals surface area contributed by atoms with Crippen molar-refractivity contribution < 1.29 is 19.0 Å². The first-order valence-corrected chi connectivity index (χ1v) is 13.5. The fourth-order valence-electron chi connectivity index (χ4n) is 4.23. The molecule has 3 aromatic rings. The van der Waals surface area contributed by atoms with Gasteiger partial charge >= 0.3 is 5.97 Å². The molecule has 0 unspecified atom stereocenters. The summed E-state index contributed by atoms with van der Waals surface area (Å²) in [6, 6.07) is 10.9. The van der Waals surface area contributed by atoms with E-state index in [0.29, 0.717) is 32.1 Å². The average Bonchev–Trinajstić information content (AvgIpc) is 3.17. The first-order chi connectivity index (χ1) is 17.7. The van der Waals surface area contributed by atoms with Crippen LogP contribution in [0.3, 0.4) is 0 Å². The van der Waals surface area contributed by atoms with Gasteiger partial charge in [-0.15, -0.1) is 0 Å². The molecule has 0 N–H and O–H groups in total. The summed E-state index contributed by atoms with van der Waals surface area (Å²) in [4.78, 5) is 34.0. The van der Waals surface area contributed by atoms with Crippen LogP contribution in [0.5, 0.6) is 11.5 Å². The van der Waals surface area contributed by atoms with Crippen molar-refractivity contribution in [2.45, 2.75) is 19.9 Å². The Morgan fingerprint density at radius 2 is 1.89 bits per heavy atom. The fourth-order valence-corrected chi connectivity index (χ4v) is 6.13. The molecule has 8 nitrogen and oxygen atoms in total. The van der Waals surface area contributed by atoms with Crippen molar-refractivity contribution in [2.75, 3.05) is 39.8 Å². The minimum Gasteiger partial charge on any atom is -0.493 e. The number of hydrogen-bond acceptors (Lipinski definition) is 8. The van der Waals surface area contributed by atoms with Crippen molar-refractivity contribution in [3.05, 3.63) is 82.1 Å². The lowest BCUT2D eigenvalue weighted by atomic mass is 9.95. The molecule has 0 radical (unpaired) electrons.